The molecular formula is C21H31N3O2. The summed E-state index contributed by atoms with van der Waals surface area (Å²) in [6, 6.07) is 7.56. The molecule has 1 unspecified atom stereocenters. The van der Waals surface area contributed by atoms with Gasteiger partial charge in [0.1, 0.15) is 0 Å². The molecule has 1 atom stereocenters. The number of hydrogen-bond donors (Lipinski definition) is 0. The first kappa shape index (κ1) is 20.1. The molecule has 2 aromatic rings. The van der Waals surface area contributed by atoms with Gasteiger partial charge in [0.05, 0.1) is 17.2 Å². The second kappa shape index (κ2) is 10.1. The number of para-hydroxylation sites is 1. The largest absolute Gasteiger partial charge is 0.340 e. The van der Waals surface area contributed by atoms with Crippen molar-refractivity contribution in [3.63, 3.8) is 0 Å². The van der Waals surface area contributed by atoms with E-state index in [4.69, 9.17) is 0 Å². The van der Waals surface area contributed by atoms with Crippen LogP contribution in [0.15, 0.2) is 35.4 Å². The number of aromatic nitrogens is 2. The molecule has 1 aromatic heterocycles. The van der Waals surface area contributed by atoms with E-state index < -0.39 is 0 Å². The smallest absolute Gasteiger partial charge is 0.261 e. The Morgan fingerprint density at radius 3 is 2.69 bits per heavy atom. The third-order valence-corrected chi connectivity index (χ3v) is 4.86. The Bertz CT molecular complexity index is 769. The SMILES string of the molecule is CCCCCN(C(=O)CCn1cnc2ccccc2c1=O)C(C)CCC. The molecule has 1 aromatic carbocycles. The minimum absolute atomic E-state index is 0.0810. The highest BCUT2D eigenvalue weighted by molar-refractivity contribution is 5.77. The maximum atomic E-state index is 12.8. The number of amides is 1. The van der Waals surface area contributed by atoms with Gasteiger partial charge in [0.15, 0.2) is 0 Å². The van der Waals surface area contributed by atoms with Crippen molar-refractivity contribution in [3.8, 4) is 0 Å². The van der Waals surface area contributed by atoms with Gasteiger partial charge in [0.25, 0.3) is 5.56 Å². The summed E-state index contributed by atoms with van der Waals surface area (Å²) in [6.45, 7) is 7.61. The molecule has 5 nitrogen and oxygen atoms in total. The second-order valence-electron chi connectivity index (χ2n) is 6.94. The number of unbranched alkanes of at least 4 members (excludes halogenated alkanes) is 2. The molecular weight excluding hydrogens is 326 g/mol. The van der Waals surface area contributed by atoms with Gasteiger partial charge >= 0.3 is 0 Å². The molecule has 1 heterocycles. The Hall–Kier alpha value is -2.17. The lowest BCUT2D eigenvalue weighted by Crippen LogP contribution is -2.40. The number of carbonyl (C=O) groups excluding carboxylic acids is 1. The monoisotopic (exact) mass is 357 g/mol. The van der Waals surface area contributed by atoms with Gasteiger partial charge in [-0.05, 0) is 31.9 Å². The molecule has 26 heavy (non-hydrogen) atoms. The van der Waals surface area contributed by atoms with Crippen LogP contribution in [0.1, 0.15) is 59.3 Å². The standard InChI is InChI=1S/C21H31N3O2/c1-4-6-9-14-24(17(3)10-5-2)20(25)13-15-23-16-22-19-12-8-7-11-18(19)21(23)26/h7-8,11-12,16-17H,4-6,9-10,13-15H2,1-3H3. The zero-order valence-electron chi connectivity index (χ0n) is 16.3. The maximum absolute atomic E-state index is 12.8. The van der Waals surface area contributed by atoms with Crippen LogP contribution in [0.25, 0.3) is 10.9 Å². The summed E-state index contributed by atoms with van der Waals surface area (Å²) in [5.74, 6) is 0.127. The van der Waals surface area contributed by atoms with Crippen LogP contribution in [0.3, 0.4) is 0 Å². The van der Waals surface area contributed by atoms with E-state index >= 15 is 0 Å². The summed E-state index contributed by atoms with van der Waals surface area (Å²) in [6.07, 6.45) is 7.27. The van der Waals surface area contributed by atoms with Crippen molar-refractivity contribution in [2.45, 2.75) is 71.9 Å². The van der Waals surface area contributed by atoms with E-state index in [9.17, 15) is 9.59 Å². The van der Waals surface area contributed by atoms with E-state index in [0.29, 0.717) is 23.9 Å². The van der Waals surface area contributed by atoms with E-state index in [-0.39, 0.29) is 17.5 Å². The fourth-order valence-corrected chi connectivity index (χ4v) is 3.32. The summed E-state index contributed by atoms with van der Waals surface area (Å²) in [5.41, 5.74) is 0.611. The van der Waals surface area contributed by atoms with Gasteiger partial charge in [0, 0.05) is 25.6 Å². The predicted molar refractivity (Wildman–Crippen MR) is 106 cm³/mol. The summed E-state index contributed by atoms with van der Waals surface area (Å²) in [4.78, 5) is 31.7. The number of aryl methyl sites for hydroxylation is 1. The van der Waals surface area contributed by atoms with Crippen molar-refractivity contribution < 1.29 is 4.79 Å². The average molecular weight is 357 g/mol. The number of fused-ring (bicyclic) bond motifs is 1. The van der Waals surface area contributed by atoms with E-state index in [1.165, 1.54) is 0 Å². The molecule has 0 aliphatic heterocycles. The summed E-state index contributed by atoms with van der Waals surface area (Å²) >= 11 is 0. The van der Waals surface area contributed by atoms with Gasteiger partial charge in [-0.15, -0.1) is 0 Å². The lowest BCUT2D eigenvalue weighted by atomic mass is 10.1. The van der Waals surface area contributed by atoms with E-state index in [1.807, 2.05) is 23.1 Å². The lowest BCUT2D eigenvalue weighted by molar-refractivity contribution is -0.133. The zero-order chi connectivity index (χ0) is 18.9. The summed E-state index contributed by atoms with van der Waals surface area (Å²) in [5, 5.41) is 0.599. The molecule has 0 N–H and O–H groups in total. The quantitative estimate of drug-likeness (QED) is 0.604. The number of carbonyl (C=O) groups is 1. The third-order valence-electron chi connectivity index (χ3n) is 4.86. The predicted octanol–water partition coefficient (Wildman–Crippen LogP) is 3.99. The van der Waals surface area contributed by atoms with Gasteiger partial charge < -0.3 is 4.90 Å². The van der Waals surface area contributed by atoms with Crippen LogP contribution in [0.5, 0.6) is 0 Å². The van der Waals surface area contributed by atoms with Crippen molar-refractivity contribution in [3.05, 3.63) is 40.9 Å². The van der Waals surface area contributed by atoms with Crippen LogP contribution in [0.2, 0.25) is 0 Å². The highest BCUT2D eigenvalue weighted by atomic mass is 16.2. The normalized spacial score (nSPS) is 12.3. The third kappa shape index (κ3) is 5.16. The Labute approximate surface area is 156 Å². The molecule has 2 rings (SSSR count). The van der Waals surface area contributed by atoms with Gasteiger partial charge in [-0.3, -0.25) is 14.2 Å². The van der Waals surface area contributed by atoms with Gasteiger partial charge in [-0.1, -0.05) is 45.2 Å². The number of rotatable bonds is 10. The average Bonchev–Trinajstić information content (AvgIpc) is 2.65. The summed E-state index contributed by atoms with van der Waals surface area (Å²) in [7, 11) is 0. The molecule has 0 saturated heterocycles. The van der Waals surface area contributed by atoms with E-state index in [0.717, 1.165) is 38.6 Å². The maximum Gasteiger partial charge on any atom is 0.261 e. The Balaban J connectivity index is 2.06. The minimum Gasteiger partial charge on any atom is -0.340 e. The molecule has 0 saturated carbocycles. The molecule has 0 aliphatic rings. The van der Waals surface area contributed by atoms with Crippen LogP contribution < -0.4 is 5.56 Å². The minimum atomic E-state index is -0.0810. The van der Waals surface area contributed by atoms with Gasteiger partial charge in [0.2, 0.25) is 5.91 Å². The second-order valence-corrected chi connectivity index (χ2v) is 6.94. The van der Waals surface area contributed by atoms with Crippen molar-refractivity contribution in [2.24, 2.45) is 0 Å². The number of nitrogens with zero attached hydrogens (tertiary/aromatic N) is 3. The van der Waals surface area contributed by atoms with Gasteiger partial charge in [-0.2, -0.15) is 0 Å². The molecule has 0 radical (unpaired) electrons. The molecule has 0 spiro atoms. The lowest BCUT2D eigenvalue weighted by Gasteiger charge is -2.29. The molecule has 142 valence electrons. The number of benzene rings is 1. The molecule has 0 bridgehead atoms. The van der Waals surface area contributed by atoms with Crippen molar-refractivity contribution in [1.82, 2.24) is 14.5 Å². The molecule has 0 aliphatic carbocycles. The Morgan fingerprint density at radius 2 is 1.96 bits per heavy atom. The molecule has 1 amide bonds. The van der Waals surface area contributed by atoms with Crippen LogP contribution in [0.4, 0.5) is 0 Å². The fraction of sp³-hybridized carbons (Fsp3) is 0.571. The Kier molecular flexibility index (Phi) is 7.82. The Morgan fingerprint density at radius 1 is 1.19 bits per heavy atom. The zero-order valence-corrected chi connectivity index (χ0v) is 16.3. The molecule has 0 fully saturated rings. The van der Waals surface area contributed by atoms with Crippen molar-refractivity contribution >= 4 is 16.8 Å². The van der Waals surface area contributed by atoms with E-state index in [1.54, 1.807) is 17.0 Å². The first-order valence-electron chi connectivity index (χ1n) is 9.82. The fourth-order valence-electron chi connectivity index (χ4n) is 3.32. The van der Waals surface area contributed by atoms with Crippen LogP contribution in [-0.4, -0.2) is 32.9 Å². The summed E-state index contributed by atoms with van der Waals surface area (Å²) < 4.78 is 1.55. The van der Waals surface area contributed by atoms with Crippen LogP contribution in [-0.2, 0) is 11.3 Å². The highest BCUT2D eigenvalue weighted by Gasteiger charge is 2.19. The first-order valence-corrected chi connectivity index (χ1v) is 9.82. The topological polar surface area (TPSA) is 55.2 Å². The van der Waals surface area contributed by atoms with Crippen molar-refractivity contribution in [1.29, 1.82) is 0 Å². The van der Waals surface area contributed by atoms with E-state index in [2.05, 4.69) is 25.8 Å². The van der Waals surface area contributed by atoms with Crippen LogP contribution in [0, 0.1) is 0 Å². The molecule has 5 heteroatoms. The number of hydrogen-bond acceptors (Lipinski definition) is 3. The van der Waals surface area contributed by atoms with Crippen molar-refractivity contribution in [2.75, 3.05) is 6.54 Å². The van der Waals surface area contributed by atoms with Gasteiger partial charge in [-0.25, -0.2) is 4.98 Å². The highest BCUT2D eigenvalue weighted by Crippen LogP contribution is 2.12. The first-order chi connectivity index (χ1) is 12.6. The van der Waals surface area contributed by atoms with Crippen LogP contribution >= 0.6 is 0 Å².